The predicted molar refractivity (Wildman–Crippen MR) is 73.4 cm³/mol. The molecule has 1 rings (SSSR count). The van der Waals surface area contributed by atoms with E-state index in [-0.39, 0.29) is 0 Å². The summed E-state index contributed by atoms with van der Waals surface area (Å²) in [7, 11) is 0. The molecule has 0 unspecified atom stereocenters. The Labute approximate surface area is 99.0 Å². The zero-order chi connectivity index (χ0) is 12.0. The van der Waals surface area contributed by atoms with Gasteiger partial charge in [-0.15, -0.1) is 0 Å². The Balaban J connectivity index is 2.77. The minimum absolute atomic E-state index is 1.06. The number of rotatable bonds is 4. The van der Waals surface area contributed by atoms with Gasteiger partial charge in [0.25, 0.3) is 0 Å². The van der Waals surface area contributed by atoms with Crippen LogP contribution in [0.5, 0.6) is 0 Å². The van der Waals surface area contributed by atoms with E-state index in [1.54, 1.807) is 0 Å². The number of aryl methyl sites for hydroxylation is 1. The summed E-state index contributed by atoms with van der Waals surface area (Å²) >= 11 is 0. The topological polar surface area (TPSA) is 0 Å². The standard InChI is InChI=1S/C16H20/c1-5-13(3)7-8-14(4)16-11-9-15(6-2)10-12-16/h5,7-12H,4,6H2,1-3H3/b8-7-,13-5-. The molecule has 0 bridgehead atoms. The van der Waals surface area contributed by atoms with Crippen molar-refractivity contribution in [2.24, 2.45) is 0 Å². The predicted octanol–water partition coefficient (Wildman–Crippen LogP) is 4.78. The molecule has 0 spiro atoms. The molecular formula is C16H20. The Bertz CT molecular complexity index is 402. The van der Waals surface area contributed by atoms with Crippen molar-refractivity contribution in [2.75, 3.05) is 0 Å². The Morgan fingerprint density at radius 3 is 2.31 bits per heavy atom. The molecule has 84 valence electrons. The van der Waals surface area contributed by atoms with Crippen molar-refractivity contribution in [3.63, 3.8) is 0 Å². The van der Waals surface area contributed by atoms with Crippen LogP contribution in [0.2, 0.25) is 0 Å². The number of hydrogen-bond acceptors (Lipinski definition) is 0. The molecule has 0 radical (unpaired) electrons. The molecule has 0 heterocycles. The fourth-order valence-electron chi connectivity index (χ4n) is 1.38. The van der Waals surface area contributed by atoms with Gasteiger partial charge in [-0.1, -0.05) is 61.6 Å². The maximum Gasteiger partial charge on any atom is -0.0190 e. The molecule has 1 aromatic rings. The highest BCUT2D eigenvalue weighted by Crippen LogP contribution is 2.15. The van der Waals surface area contributed by atoms with Gasteiger partial charge in [0.2, 0.25) is 0 Å². The molecule has 0 atom stereocenters. The van der Waals surface area contributed by atoms with E-state index in [1.807, 2.05) is 6.92 Å². The van der Waals surface area contributed by atoms with Crippen LogP contribution in [0.3, 0.4) is 0 Å². The summed E-state index contributed by atoms with van der Waals surface area (Å²) in [5.41, 5.74) is 4.87. The van der Waals surface area contributed by atoms with Crippen molar-refractivity contribution in [1.29, 1.82) is 0 Å². The van der Waals surface area contributed by atoms with E-state index in [1.165, 1.54) is 16.7 Å². The quantitative estimate of drug-likeness (QED) is 0.630. The van der Waals surface area contributed by atoms with Gasteiger partial charge in [0, 0.05) is 0 Å². The van der Waals surface area contributed by atoms with E-state index in [0.717, 1.165) is 12.0 Å². The third-order valence-corrected chi connectivity index (χ3v) is 2.74. The molecule has 0 nitrogen and oxygen atoms in total. The van der Waals surface area contributed by atoms with Crippen LogP contribution in [0.25, 0.3) is 5.57 Å². The van der Waals surface area contributed by atoms with Crippen LogP contribution < -0.4 is 0 Å². The second kappa shape index (κ2) is 6.12. The van der Waals surface area contributed by atoms with Crippen LogP contribution in [-0.4, -0.2) is 0 Å². The lowest BCUT2D eigenvalue weighted by Crippen LogP contribution is -1.82. The summed E-state index contributed by atoms with van der Waals surface area (Å²) in [6.07, 6.45) is 7.33. The molecule has 0 aliphatic heterocycles. The first kappa shape index (κ1) is 12.5. The largest absolute Gasteiger partial charge is 0.0912 e. The van der Waals surface area contributed by atoms with Gasteiger partial charge in [-0.2, -0.15) is 0 Å². The van der Waals surface area contributed by atoms with Gasteiger partial charge in [0.1, 0.15) is 0 Å². The van der Waals surface area contributed by atoms with Crippen molar-refractivity contribution < 1.29 is 0 Å². The summed E-state index contributed by atoms with van der Waals surface area (Å²) in [5, 5.41) is 0. The molecule has 0 saturated heterocycles. The zero-order valence-electron chi connectivity index (χ0n) is 10.5. The zero-order valence-corrected chi connectivity index (χ0v) is 10.5. The highest BCUT2D eigenvalue weighted by Gasteiger charge is 1.95. The van der Waals surface area contributed by atoms with E-state index in [9.17, 15) is 0 Å². The maximum absolute atomic E-state index is 4.07. The second-order valence-corrected chi connectivity index (χ2v) is 3.94. The minimum atomic E-state index is 1.06. The average Bonchev–Trinajstić information content (AvgIpc) is 2.35. The fraction of sp³-hybridized carbons (Fsp3) is 0.250. The Morgan fingerprint density at radius 2 is 1.81 bits per heavy atom. The first-order valence-corrected chi connectivity index (χ1v) is 5.76. The molecule has 0 saturated carbocycles. The van der Waals surface area contributed by atoms with Gasteiger partial charge in [-0.25, -0.2) is 0 Å². The highest BCUT2D eigenvalue weighted by atomic mass is 14.0. The normalized spacial score (nSPS) is 12.1. The monoisotopic (exact) mass is 212 g/mol. The molecule has 16 heavy (non-hydrogen) atoms. The third kappa shape index (κ3) is 3.54. The van der Waals surface area contributed by atoms with Crippen molar-refractivity contribution in [3.8, 4) is 0 Å². The summed E-state index contributed by atoms with van der Waals surface area (Å²) in [6, 6.07) is 8.60. The van der Waals surface area contributed by atoms with Crippen LogP contribution in [-0.2, 0) is 6.42 Å². The summed E-state index contributed by atoms with van der Waals surface area (Å²) in [5.74, 6) is 0. The Morgan fingerprint density at radius 1 is 1.19 bits per heavy atom. The molecule has 0 aromatic heterocycles. The maximum atomic E-state index is 4.07. The van der Waals surface area contributed by atoms with E-state index < -0.39 is 0 Å². The first-order valence-electron chi connectivity index (χ1n) is 5.76. The smallest absolute Gasteiger partial charge is 0.0190 e. The van der Waals surface area contributed by atoms with Crippen LogP contribution in [0.4, 0.5) is 0 Å². The van der Waals surface area contributed by atoms with Crippen molar-refractivity contribution in [1.82, 2.24) is 0 Å². The molecule has 0 amide bonds. The number of benzene rings is 1. The van der Waals surface area contributed by atoms with E-state index >= 15 is 0 Å². The van der Waals surface area contributed by atoms with Gasteiger partial charge < -0.3 is 0 Å². The lowest BCUT2D eigenvalue weighted by atomic mass is 10.0. The number of allylic oxidation sites excluding steroid dienone is 5. The number of hydrogen-bond donors (Lipinski definition) is 0. The average molecular weight is 212 g/mol. The Hall–Kier alpha value is -1.56. The highest BCUT2D eigenvalue weighted by molar-refractivity contribution is 5.72. The molecule has 0 aliphatic rings. The lowest BCUT2D eigenvalue weighted by Gasteiger charge is -2.02. The van der Waals surface area contributed by atoms with Gasteiger partial charge in [-0.05, 0) is 37.0 Å². The summed E-state index contributed by atoms with van der Waals surface area (Å²) in [4.78, 5) is 0. The molecule has 0 heteroatoms. The lowest BCUT2D eigenvalue weighted by molar-refractivity contribution is 1.14. The van der Waals surface area contributed by atoms with E-state index in [2.05, 4.69) is 62.9 Å². The van der Waals surface area contributed by atoms with Gasteiger partial charge in [-0.3, -0.25) is 0 Å². The second-order valence-electron chi connectivity index (χ2n) is 3.94. The molecule has 0 aliphatic carbocycles. The minimum Gasteiger partial charge on any atom is -0.0912 e. The van der Waals surface area contributed by atoms with Crippen LogP contribution in [0.1, 0.15) is 31.9 Å². The SMILES string of the molecule is C=C(/C=C\C(C)=C/C)c1ccc(CC)cc1. The van der Waals surface area contributed by atoms with Crippen molar-refractivity contribution in [2.45, 2.75) is 27.2 Å². The van der Waals surface area contributed by atoms with Crippen molar-refractivity contribution >= 4 is 5.57 Å². The van der Waals surface area contributed by atoms with E-state index in [0.29, 0.717) is 0 Å². The molecular weight excluding hydrogens is 192 g/mol. The summed E-state index contributed by atoms with van der Waals surface area (Å²) < 4.78 is 0. The fourth-order valence-corrected chi connectivity index (χ4v) is 1.38. The molecule has 1 aromatic carbocycles. The van der Waals surface area contributed by atoms with Crippen LogP contribution >= 0.6 is 0 Å². The van der Waals surface area contributed by atoms with Crippen molar-refractivity contribution in [3.05, 3.63) is 65.8 Å². The molecule has 0 N–H and O–H groups in total. The molecule has 0 fully saturated rings. The van der Waals surface area contributed by atoms with Gasteiger partial charge >= 0.3 is 0 Å². The van der Waals surface area contributed by atoms with Gasteiger partial charge in [0.15, 0.2) is 0 Å². The van der Waals surface area contributed by atoms with Crippen LogP contribution in [0, 0.1) is 0 Å². The third-order valence-electron chi connectivity index (χ3n) is 2.74. The summed E-state index contributed by atoms with van der Waals surface area (Å²) in [6.45, 7) is 10.4. The van der Waals surface area contributed by atoms with Gasteiger partial charge in [0.05, 0.1) is 0 Å². The van der Waals surface area contributed by atoms with E-state index in [4.69, 9.17) is 0 Å². The first-order chi connectivity index (χ1) is 7.67. The van der Waals surface area contributed by atoms with Crippen LogP contribution in [0.15, 0.2) is 54.6 Å². The Kier molecular flexibility index (Phi) is 4.78.